The molecule has 0 saturated carbocycles. The van der Waals surface area contributed by atoms with Crippen molar-refractivity contribution in [3.63, 3.8) is 0 Å². The second-order valence-corrected chi connectivity index (χ2v) is 3.34. The van der Waals surface area contributed by atoms with Crippen molar-refractivity contribution in [1.29, 1.82) is 0 Å². The summed E-state index contributed by atoms with van der Waals surface area (Å²) in [6.45, 7) is 0.709. The Hall–Kier alpha value is -1.61. The zero-order valence-electron chi connectivity index (χ0n) is 8.46. The molecule has 1 N–H and O–H groups in total. The average Bonchev–Trinajstić information content (AvgIpc) is 2.74. The topological polar surface area (TPSA) is 25.2 Å². The highest BCUT2D eigenvalue weighted by Gasteiger charge is 2.06. The predicted molar refractivity (Wildman–Crippen MR) is 56.9 cm³/mol. The average molecular weight is 205 g/mol. The summed E-state index contributed by atoms with van der Waals surface area (Å²) >= 11 is 0. The van der Waals surface area contributed by atoms with Crippen molar-refractivity contribution < 1.29 is 8.81 Å². The molecule has 0 radical (unpaired) electrons. The van der Waals surface area contributed by atoms with Gasteiger partial charge in [-0.2, -0.15) is 0 Å². The van der Waals surface area contributed by atoms with Gasteiger partial charge < -0.3 is 9.73 Å². The van der Waals surface area contributed by atoms with Gasteiger partial charge >= 0.3 is 0 Å². The van der Waals surface area contributed by atoms with Crippen LogP contribution in [0.3, 0.4) is 0 Å². The molecular weight excluding hydrogens is 193 g/mol. The molecule has 1 aromatic carbocycles. The fourth-order valence-electron chi connectivity index (χ4n) is 1.58. The van der Waals surface area contributed by atoms with Gasteiger partial charge in [0.2, 0.25) is 0 Å². The molecule has 78 valence electrons. The second kappa shape index (κ2) is 4.28. The van der Waals surface area contributed by atoms with Gasteiger partial charge in [-0.3, -0.25) is 0 Å². The SMILES string of the molecule is CNCc1ccc(F)cc1-c1ccoc1. The Morgan fingerprint density at radius 2 is 2.20 bits per heavy atom. The molecule has 0 unspecified atom stereocenters. The number of hydrogen-bond donors (Lipinski definition) is 1. The van der Waals surface area contributed by atoms with E-state index in [4.69, 9.17) is 4.42 Å². The molecule has 0 aliphatic carbocycles. The Morgan fingerprint density at radius 3 is 2.87 bits per heavy atom. The molecule has 3 heteroatoms. The Bertz CT molecular complexity index is 437. The van der Waals surface area contributed by atoms with Crippen LogP contribution >= 0.6 is 0 Å². The Balaban J connectivity index is 2.47. The normalized spacial score (nSPS) is 10.5. The van der Waals surface area contributed by atoms with Gasteiger partial charge in [0, 0.05) is 12.1 Å². The number of hydrogen-bond acceptors (Lipinski definition) is 2. The first kappa shape index (κ1) is 9.93. The van der Waals surface area contributed by atoms with Gasteiger partial charge in [0.1, 0.15) is 5.82 Å². The summed E-state index contributed by atoms with van der Waals surface area (Å²) in [5.41, 5.74) is 2.83. The highest BCUT2D eigenvalue weighted by molar-refractivity contribution is 5.66. The fourth-order valence-corrected chi connectivity index (χ4v) is 1.58. The lowest BCUT2D eigenvalue weighted by molar-refractivity contribution is 0.568. The lowest BCUT2D eigenvalue weighted by atomic mass is 10.0. The molecule has 2 aromatic rings. The fraction of sp³-hybridized carbons (Fsp3) is 0.167. The van der Waals surface area contributed by atoms with Gasteiger partial charge in [-0.25, -0.2) is 4.39 Å². The molecule has 15 heavy (non-hydrogen) atoms. The lowest BCUT2D eigenvalue weighted by Crippen LogP contribution is -2.06. The Morgan fingerprint density at radius 1 is 1.33 bits per heavy atom. The minimum atomic E-state index is -0.231. The molecule has 0 bridgehead atoms. The summed E-state index contributed by atoms with van der Waals surface area (Å²) in [4.78, 5) is 0. The number of furan rings is 1. The first-order chi connectivity index (χ1) is 7.31. The van der Waals surface area contributed by atoms with E-state index in [1.165, 1.54) is 12.1 Å². The minimum absolute atomic E-state index is 0.231. The van der Waals surface area contributed by atoms with Crippen LogP contribution in [-0.2, 0) is 6.54 Å². The van der Waals surface area contributed by atoms with Crippen LogP contribution in [0.15, 0.2) is 41.2 Å². The van der Waals surface area contributed by atoms with Crippen molar-refractivity contribution in [1.82, 2.24) is 5.32 Å². The van der Waals surface area contributed by atoms with Crippen molar-refractivity contribution in [3.05, 3.63) is 48.2 Å². The van der Waals surface area contributed by atoms with Crippen LogP contribution in [0.2, 0.25) is 0 Å². The van der Waals surface area contributed by atoms with Crippen LogP contribution in [0.4, 0.5) is 4.39 Å². The number of benzene rings is 1. The molecule has 0 atom stereocenters. The molecule has 1 heterocycles. The highest BCUT2D eigenvalue weighted by Crippen LogP contribution is 2.25. The second-order valence-electron chi connectivity index (χ2n) is 3.34. The summed E-state index contributed by atoms with van der Waals surface area (Å²) in [7, 11) is 1.86. The lowest BCUT2D eigenvalue weighted by Gasteiger charge is -2.07. The van der Waals surface area contributed by atoms with Crippen LogP contribution in [0, 0.1) is 5.82 Å². The molecule has 0 saturated heterocycles. The van der Waals surface area contributed by atoms with Crippen LogP contribution in [-0.4, -0.2) is 7.05 Å². The van der Waals surface area contributed by atoms with Crippen molar-refractivity contribution in [3.8, 4) is 11.1 Å². The molecule has 0 aliphatic heterocycles. The maximum atomic E-state index is 13.1. The van der Waals surface area contributed by atoms with Gasteiger partial charge in [0.15, 0.2) is 0 Å². The van der Waals surface area contributed by atoms with Gasteiger partial charge in [-0.15, -0.1) is 0 Å². The molecule has 0 aliphatic rings. The summed E-state index contributed by atoms with van der Waals surface area (Å²) in [5, 5.41) is 3.05. The molecular formula is C12H12FNO. The van der Waals surface area contributed by atoms with Gasteiger partial charge in [-0.05, 0) is 36.4 Å². The van der Waals surface area contributed by atoms with E-state index >= 15 is 0 Å². The standard InChI is InChI=1S/C12H12FNO/c1-14-7-9-2-3-11(13)6-12(9)10-4-5-15-8-10/h2-6,8,14H,7H2,1H3. The quantitative estimate of drug-likeness (QED) is 0.833. The smallest absolute Gasteiger partial charge is 0.123 e. The highest BCUT2D eigenvalue weighted by atomic mass is 19.1. The van der Waals surface area contributed by atoms with Crippen molar-refractivity contribution >= 4 is 0 Å². The third-order valence-electron chi connectivity index (χ3n) is 2.27. The number of rotatable bonds is 3. The van der Waals surface area contributed by atoms with Gasteiger partial charge in [-0.1, -0.05) is 6.07 Å². The molecule has 2 nitrogen and oxygen atoms in total. The van der Waals surface area contributed by atoms with E-state index in [9.17, 15) is 4.39 Å². The van der Waals surface area contributed by atoms with Crippen molar-refractivity contribution in [2.24, 2.45) is 0 Å². The van der Waals surface area contributed by atoms with Crippen LogP contribution in [0.1, 0.15) is 5.56 Å². The Kier molecular flexibility index (Phi) is 2.83. The number of halogens is 1. The third-order valence-corrected chi connectivity index (χ3v) is 2.27. The Labute approximate surface area is 87.7 Å². The molecule has 0 fully saturated rings. The summed E-state index contributed by atoms with van der Waals surface area (Å²) in [5.74, 6) is -0.231. The van der Waals surface area contributed by atoms with E-state index in [1.54, 1.807) is 18.6 Å². The zero-order valence-corrected chi connectivity index (χ0v) is 8.46. The summed E-state index contributed by atoms with van der Waals surface area (Å²) in [6, 6.07) is 6.61. The van der Waals surface area contributed by atoms with E-state index in [2.05, 4.69) is 5.32 Å². The van der Waals surface area contributed by atoms with Gasteiger partial charge in [0.05, 0.1) is 12.5 Å². The largest absolute Gasteiger partial charge is 0.472 e. The van der Waals surface area contributed by atoms with Crippen molar-refractivity contribution in [2.45, 2.75) is 6.54 Å². The van der Waals surface area contributed by atoms with E-state index < -0.39 is 0 Å². The molecule has 1 aromatic heterocycles. The van der Waals surface area contributed by atoms with E-state index in [0.717, 1.165) is 16.7 Å². The monoisotopic (exact) mass is 205 g/mol. The maximum absolute atomic E-state index is 13.1. The minimum Gasteiger partial charge on any atom is -0.472 e. The van der Waals surface area contributed by atoms with Gasteiger partial charge in [0.25, 0.3) is 0 Å². The molecule has 0 spiro atoms. The molecule has 0 amide bonds. The summed E-state index contributed by atoms with van der Waals surface area (Å²) < 4.78 is 18.1. The third kappa shape index (κ3) is 2.07. The molecule has 2 rings (SSSR count). The van der Waals surface area contributed by atoms with E-state index in [0.29, 0.717) is 6.54 Å². The first-order valence-electron chi connectivity index (χ1n) is 4.77. The number of nitrogens with one attached hydrogen (secondary N) is 1. The first-order valence-corrected chi connectivity index (χ1v) is 4.77. The van der Waals surface area contributed by atoms with Crippen LogP contribution < -0.4 is 5.32 Å². The van der Waals surface area contributed by atoms with E-state index in [1.807, 2.05) is 13.1 Å². The predicted octanol–water partition coefficient (Wildman–Crippen LogP) is 2.81. The van der Waals surface area contributed by atoms with Crippen LogP contribution in [0.25, 0.3) is 11.1 Å². The van der Waals surface area contributed by atoms with Crippen molar-refractivity contribution in [2.75, 3.05) is 7.05 Å². The maximum Gasteiger partial charge on any atom is 0.123 e. The van der Waals surface area contributed by atoms with E-state index in [-0.39, 0.29) is 5.82 Å². The summed E-state index contributed by atoms with van der Waals surface area (Å²) in [6.07, 6.45) is 3.21. The zero-order chi connectivity index (χ0) is 10.7. The van der Waals surface area contributed by atoms with Crippen LogP contribution in [0.5, 0.6) is 0 Å².